The van der Waals surface area contributed by atoms with Crippen molar-refractivity contribution in [3.63, 3.8) is 0 Å². The summed E-state index contributed by atoms with van der Waals surface area (Å²) in [6.45, 7) is 6.01. The Morgan fingerprint density at radius 1 is 1.11 bits per heavy atom. The van der Waals surface area contributed by atoms with Gasteiger partial charge in [0, 0.05) is 24.7 Å². The summed E-state index contributed by atoms with van der Waals surface area (Å²) in [5.41, 5.74) is 0. The fourth-order valence-electron chi connectivity index (χ4n) is 3.81. The molecule has 2 rings (SSSR count). The fourth-order valence-corrected chi connectivity index (χ4v) is 3.81. The summed E-state index contributed by atoms with van der Waals surface area (Å²) in [5.74, 6) is 0. The van der Waals surface area contributed by atoms with E-state index < -0.39 is 0 Å². The van der Waals surface area contributed by atoms with E-state index in [1.54, 1.807) is 0 Å². The van der Waals surface area contributed by atoms with Crippen molar-refractivity contribution in [3.05, 3.63) is 0 Å². The van der Waals surface area contributed by atoms with E-state index >= 15 is 0 Å². The van der Waals surface area contributed by atoms with Crippen molar-refractivity contribution in [2.75, 3.05) is 33.7 Å². The second-order valence-electron chi connectivity index (χ2n) is 6.68. The van der Waals surface area contributed by atoms with E-state index in [9.17, 15) is 0 Å². The number of piperidine rings is 1. The lowest BCUT2D eigenvalue weighted by atomic mass is 9.89. The lowest BCUT2D eigenvalue weighted by Gasteiger charge is -2.42. The molecule has 0 bridgehead atoms. The Morgan fingerprint density at radius 2 is 1.84 bits per heavy atom. The first-order chi connectivity index (χ1) is 9.20. The van der Waals surface area contributed by atoms with E-state index in [-0.39, 0.29) is 0 Å². The standard InChI is InChI=1S/C16H33N3/c1-4-11-17-14-7-9-15(10-8-14)19(3)16-6-5-12-18(2)13-16/h14-17H,4-13H2,1-3H3. The zero-order valence-electron chi connectivity index (χ0n) is 13.2. The molecule has 1 N–H and O–H groups in total. The number of nitrogens with zero attached hydrogens (tertiary/aromatic N) is 2. The summed E-state index contributed by atoms with van der Waals surface area (Å²) in [6, 6.07) is 2.42. The minimum Gasteiger partial charge on any atom is -0.314 e. The average Bonchev–Trinajstić information content (AvgIpc) is 2.45. The molecular formula is C16H33N3. The van der Waals surface area contributed by atoms with Gasteiger partial charge in [-0.3, -0.25) is 4.90 Å². The summed E-state index contributed by atoms with van der Waals surface area (Å²) < 4.78 is 0. The number of likely N-dealkylation sites (tertiary alicyclic amines) is 1. The van der Waals surface area contributed by atoms with Crippen molar-refractivity contribution in [1.29, 1.82) is 0 Å². The molecule has 1 saturated carbocycles. The van der Waals surface area contributed by atoms with Crippen LogP contribution in [0.3, 0.4) is 0 Å². The summed E-state index contributed by atoms with van der Waals surface area (Å²) in [6.07, 6.45) is 9.55. The number of nitrogens with one attached hydrogen (secondary N) is 1. The number of hydrogen-bond acceptors (Lipinski definition) is 3. The Kier molecular flexibility index (Phi) is 6.11. The highest BCUT2D eigenvalue weighted by Crippen LogP contribution is 2.26. The van der Waals surface area contributed by atoms with Crippen molar-refractivity contribution in [3.8, 4) is 0 Å². The van der Waals surface area contributed by atoms with Crippen molar-refractivity contribution in [2.45, 2.75) is 70.0 Å². The van der Waals surface area contributed by atoms with Crippen molar-refractivity contribution in [2.24, 2.45) is 0 Å². The zero-order valence-corrected chi connectivity index (χ0v) is 13.2. The van der Waals surface area contributed by atoms with Gasteiger partial charge in [0.2, 0.25) is 0 Å². The summed E-state index contributed by atoms with van der Waals surface area (Å²) >= 11 is 0. The molecule has 0 radical (unpaired) electrons. The molecule has 112 valence electrons. The molecule has 1 heterocycles. The molecule has 1 aliphatic carbocycles. The molecule has 0 aromatic rings. The zero-order chi connectivity index (χ0) is 13.7. The quantitative estimate of drug-likeness (QED) is 0.825. The van der Waals surface area contributed by atoms with Gasteiger partial charge in [0.1, 0.15) is 0 Å². The summed E-state index contributed by atoms with van der Waals surface area (Å²) in [5, 5.41) is 3.69. The average molecular weight is 267 g/mol. The third-order valence-corrected chi connectivity index (χ3v) is 5.13. The first kappa shape index (κ1) is 15.3. The highest BCUT2D eigenvalue weighted by atomic mass is 15.2. The molecule has 0 spiro atoms. The molecule has 2 aliphatic rings. The molecular weight excluding hydrogens is 234 g/mol. The number of hydrogen-bond donors (Lipinski definition) is 1. The van der Waals surface area contributed by atoms with Gasteiger partial charge in [-0.1, -0.05) is 6.92 Å². The molecule has 3 heteroatoms. The predicted molar refractivity (Wildman–Crippen MR) is 82.6 cm³/mol. The Labute approximate surface area is 119 Å². The topological polar surface area (TPSA) is 18.5 Å². The molecule has 1 unspecified atom stereocenters. The van der Waals surface area contributed by atoms with Gasteiger partial charge < -0.3 is 10.2 Å². The van der Waals surface area contributed by atoms with Crippen molar-refractivity contribution >= 4 is 0 Å². The maximum Gasteiger partial charge on any atom is 0.0223 e. The first-order valence-electron chi connectivity index (χ1n) is 8.34. The van der Waals surface area contributed by atoms with Crippen LogP contribution >= 0.6 is 0 Å². The normalized spacial score (nSPS) is 33.8. The number of rotatable bonds is 5. The van der Waals surface area contributed by atoms with Gasteiger partial charge in [0.05, 0.1) is 0 Å². The third kappa shape index (κ3) is 4.44. The Bertz CT molecular complexity index is 248. The van der Waals surface area contributed by atoms with Gasteiger partial charge in [0.25, 0.3) is 0 Å². The molecule has 1 aliphatic heterocycles. The molecule has 3 nitrogen and oxygen atoms in total. The van der Waals surface area contributed by atoms with Gasteiger partial charge in [-0.05, 0) is 72.1 Å². The van der Waals surface area contributed by atoms with E-state index in [4.69, 9.17) is 0 Å². The van der Waals surface area contributed by atoms with E-state index in [0.29, 0.717) is 0 Å². The molecule has 0 amide bonds. The second-order valence-corrected chi connectivity index (χ2v) is 6.68. The lowest BCUT2D eigenvalue weighted by molar-refractivity contribution is 0.0764. The third-order valence-electron chi connectivity index (χ3n) is 5.13. The van der Waals surface area contributed by atoms with E-state index in [1.165, 1.54) is 64.6 Å². The minimum absolute atomic E-state index is 0.790. The van der Waals surface area contributed by atoms with Crippen LogP contribution in [0.1, 0.15) is 51.9 Å². The number of likely N-dealkylation sites (N-methyl/N-ethyl adjacent to an activating group) is 2. The van der Waals surface area contributed by atoms with E-state index in [2.05, 4.69) is 36.1 Å². The fraction of sp³-hybridized carbons (Fsp3) is 1.00. The monoisotopic (exact) mass is 267 g/mol. The van der Waals surface area contributed by atoms with E-state index in [1.807, 2.05) is 0 Å². The second kappa shape index (κ2) is 7.61. The van der Waals surface area contributed by atoms with Crippen molar-refractivity contribution in [1.82, 2.24) is 15.1 Å². The maximum atomic E-state index is 3.69. The van der Waals surface area contributed by atoms with E-state index in [0.717, 1.165) is 18.1 Å². The SMILES string of the molecule is CCCNC1CCC(N(C)C2CCCN(C)C2)CC1. The molecule has 0 aromatic heterocycles. The van der Waals surface area contributed by atoms with Crippen LogP contribution in [-0.2, 0) is 0 Å². The van der Waals surface area contributed by atoms with Gasteiger partial charge in [-0.25, -0.2) is 0 Å². The van der Waals surface area contributed by atoms with Gasteiger partial charge in [0.15, 0.2) is 0 Å². The first-order valence-corrected chi connectivity index (χ1v) is 8.34. The molecule has 1 atom stereocenters. The molecule has 1 saturated heterocycles. The van der Waals surface area contributed by atoms with Gasteiger partial charge in [-0.2, -0.15) is 0 Å². The Morgan fingerprint density at radius 3 is 2.47 bits per heavy atom. The van der Waals surface area contributed by atoms with Gasteiger partial charge >= 0.3 is 0 Å². The maximum absolute atomic E-state index is 3.69. The molecule has 19 heavy (non-hydrogen) atoms. The largest absolute Gasteiger partial charge is 0.314 e. The Balaban J connectivity index is 1.74. The van der Waals surface area contributed by atoms with Crippen LogP contribution in [0.5, 0.6) is 0 Å². The molecule has 0 aromatic carbocycles. The van der Waals surface area contributed by atoms with Crippen LogP contribution in [0, 0.1) is 0 Å². The lowest BCUT2D eigenvalue weighted by Crippen LogP contribution is -2.50. The van der Waals surface area contributed by atoms with Crippen LogP contribution in [0.25, 0.3) is 0 Å². The van der Waals surface area contributed by atoms with Crippen LogP contribution in [-0.4, -0.2) is 61.7 Å². The predicted octanol–water partition coefficient (Wildman–Crippen LogP) is 2.32. The highest BCUT2D eigenvalue weighted by molar-refractivity contribution is 4.86. The van der Waals surface area contributed by atoms with Crippen LogP contribution in [0.15, 0.2) is 0 Å². The summed E-state index contributed by atoms with van der Waals surface area (Å²) in [4.78, 5) is 5.20. The summed E-state index contributed by atoms with van der Waals surface area (Å²) in [7, 11) is 4.64. The molecule has 2 fully saturated rings. The minimum atomic E-state index is 0.790. The van der Waals surface area contributed by atoms with Crippen LogP contribution in [0.2, 0.25) is 0 Å². The smallest absolute Gasteiger partial charge is 0.0223 e. The van der Waals surface area contributed by atoms with Crippen molar-refractivity contribution < 1.29 is 0 Å². The van der Waals surface area contributed by atoms with Gasteiger partial charge in [-0.15, -0.1) is 0 Å². The highest BCUT2D eigenvalue weighted by Gasteiger charge is 2.29. The van der Waals surface area contributed by atoms with Crippen LogP contribution < -0.4 is 5.32 Å². The van der Waals surface area contributed by atoms with Crippen LogP contribution in [0.4, 0.5) is 0 Å². The Hall–Kier alpha value is -0.120.